The molecular formula is C6H6N5O2S+. The first kappa shape index (κ1) is 8.78. The molecule has 0 aliphatic carbocycles. The van der Waals surface area contributed by atoms with E-state index < -0.39 is 10.5 Å². The van der Waals surface area contributed by atoms with Gasteiger partial charge in [-0.1, -0.05) is 3.95 Å². The molecule has 1 aromatic rings. The summed E-state index contributed by atoms with van der Waals surface area (Å²) in [7, 11) is -2.37. The van der Waals surface area contributed by atoms with Crippen molar-refractivity contribution >= 4 is 28.2 Å². The van der Waals surface area contributed by atoms with E-state index in [1.165, 1.54) is 12.4 Å². The molecule has 0 bridgehead atoms. The Labute approximate surface area is 80.6 Å². The normalized spacial score (nSPS) is 12.8. The second kappa shape index (κ2) is 3.16. The molecule has 0 atom stereocenters. The number of nitrogens with two attached hydrogens (primary N) is 1. The molecule has 0 saturated heterocycles. The topological polar surface area (TPSA) is 101 Å². The molecule has 0 radical (unpaired) electrons. The van der Waals surface area contributed by atoms with Crippen molar-refractivity contribution in [1.29, 1.82) is 0 Å². The molecule has 0 saturated carbocycles. The summed E-state index contributed by atoms with van der Waals surface area (Å²) in [5.41, 5.74) is 2.78. The summed E-state index contributed by atoms with van der Waals surface area (Å²) in [5.74, 6) is 5.78. The standard InChI is InChI=1S/C6H6N5O2S/c7-10-5-3-8-6-4(9-5)1-2-11(6)14(12)13/h1-3H,7H2,(H,9,10)/q+1. The van der Waals surface area contributed by atoms with Crippen molar-refractivity contribution in [3.8, 4) is 0 Å². The van der Waals surface area contributed by atoms with Crippen LogP contribution in [0.3, 0.4) is 0 Å². The van der Waals surface area contributed by atoms with Gasteiger partial charge >= 0.3 is 16.3 Å². The first-order chi connectivity index (χ1) is 6.72. The van der Waals surface area contributed by atoms with E-state index in [0.717, 1.165) is 3.95 Å². The van der Waals surface area contributed by atoms with Crippen molar-refractivity contribution < 1.29 is 12.4 Å². The van der Waals surface area contributed by atoms with Crippen molar-refractivity contribution in [1.82, 2.24) is 9.97 Å². The zero-order chi connectivity index (χ0) is 10.1. The molecule has 0 unspecified atom stereocenters. The number of nitrogens with zero attached hydrogens (tertiary/aromatic N) is 3. The summed E-state index contributed by atoms with van der Waals surface area (Å²) in [6.45, 7) is 0. The summed E-state index contributed by atoms with van der Waals surface area (Å²) in [5, 5.41) is 0. The van der Waals surface area contributed by atoms with Gasteiger partial charge in [0.1, 0.15) is 6.20 Å². The summed E-state index contributed by atoms with van der Waals surface area (Å²) in [6.07, 6.45) is 4.26. The van der Waals surface area contributed by atoms with Crippen LogP contribution in [0.1, 0.15) is 5.69 Å². The lowest BCUT2D eigenvalue weighted by Crippen LogP contribution is -2.09. The third-order valence-corrected chi connectivity index (χ3v) is 2.28. The first-order valence-corrected chi connectivity index (χ1v) is 4.66. The lowest BCUT2D eigenvalue weighted by molar-refractivity contribution is -0.331. The van der Waals surface area contributed by atoms with Gasteiger partial charge in [0.05, 0.1) is 0 Å². The van der Waals surface area contributed by atoms with Crippen molar-refractivity contribution in [3.05, 3.63) is 18.1 Å². The Morgan fingerprint density at radius 2 is 2.29 bits per heavy atom. The predicted molar refractivity (Wildman–Crippen MR) is 47.7 cm³/mol. The second-order valence-electron chi connectivity index (χ2n) is 2.47. The fourth-order valence-corrected chi connectivity index (χ4v) is 1.52. The van der Waals surface area contributed by atoms with Crippen LogP contribution in [0.25, 0.3) is 6.08 Å². The maximum absolute atomic E-state index is 10.7. The molecule has 0 aromatic carbocycles. The Morgan fingerprint density at radius 1 is 1.50 bits per heavy atom. The number of rotatable bonds is 1. The number of nitrogen functional groups attached to an aromatic ring is 1. The number of aromatic nitrogens is 2. The zero-order valence-corrected chi connectivity index (χ0v) is 7.69. The number of hydrogen-bond donors (Lipinski definition) is 2. The van der Waals surface area contributed by atoms with E-state index in [1.54, 1.807) is 6.08 Å². The third kappa shape index (κ3) is 1.26. The Balaban J connectivity index is 2.66. The van der Waals surface area contributed by atoms with Crippen LogP contribution in [0.4, 0.5) is 11.6 Å². The SMILES string of the molecule is NNc1cnc2c(n1)C=C[N+]2=S(=O)=O. The Kier molecular flexibility index (Phi) is 1.98. The predicted octanol–water partition coefficient (Wildman–Crippen LogP) is -0.547. The number of anilines is 1. The number of hydrazine groups is 1. The third-order valence-electron chi connectivity index (χ3n) is 1.66. The lowest BCUT2D eigenvalue weighted by Gasteiger charge is -1.94. The molecule has 3 N–H and O–H groups in total. The summed E-state index contributed by atoms with van der Waals surface area (Å²) in [4.78, 5) is 7.90. The highest BCUT2D eigenvalue weighted by atomic mass is 32.2. The zero-order valence-electron chi connectivity index (χ0n) is 6.88. The Morgan fingerprint density at radius 3 is 2.93 bits per heavy atom. The van der Waals surface area contributed by atoms with Gasteiger partial charge in [-0.3, -0.25) is 0 Å². The van der Waals surface area contributed by atoms with Crippen LogP contribution in [0.15, 0.2) is 12.4 Å². The minimum atomic E-state index is -2.37. The van der Waals surface area contributed by atoms with Gasteiger partial charge in [0.25, 0.3) is 0 Å². The van der Waals surface area contributed by atoms with Gasteiger partial charge in [-0.15, -0.1) is 8.42 Å². The van der Waals surface area contributed by atoms with E-state index >= 15 is 0 Å². The van der Waals surface area contributed by atoms with Gasteiger partial charge in [-0.25, -0.2) is 10.8 Å². The van der Waals surface area contributed by atoms with Crippen LogP contribution in [-0.4, -0.2) is 22.3 Å². The fourth-order valence-electron chi connectivity index (χ4n) is 1.08. The van der Waals surface area contributed by atoms with E-state index in [-0.39, 0.29) is 5.82 Å². The van der Waals surface area contributed by atoms with Crippen LogP contribution in [0, 0.1) is 0 Å². The van der Waals surface area contributed by atoms with Crippen molar-refractivity contribution in [3.63, 3.8) is 0 Å². The van der Waals surface area contributed by atoms with E-state index in [1.807, 2.05) is 0 Å². The highest BCUT2D eigenvalue weighted by molar-refractivity contribution is 7.59. The highest BCUT2D eigenvalue weighted by Gasteiger charge is 2.24. The van der Waals surface area contributed by atoms with Crippen LogP contribution < -0.4 is 11.3 Å². The Hall–Kier alpha value is -1.80. The molecule has 7 nitrogen and oxygen atoms in total. The molecule has 2 rings (SSSR count). The summed E-state index contributed by atoms with van der Waals surface area (Å²) in [6, 6.07) is 0. The van der Waals surface area contributed by atoms with Crippen LogP contribution in [0.5, 0.6) is 0 Å². The molecular weight excluding hydrogens is 206 g/mol. The number of hydrogen-bond acceptors (Lipinski definition) is 6. The van der Waals surface area contributed by atoms with Crippen LogP contribution in [0.2, 0.25) is 0 Å². The van der Waals surface area contributed by atoms with Gasteiger partial charge < -0.3 is 5.43 Å². The van der Waals surface area contributed by atoms with Gasteiger partial charge in [-0.05, 0) is 4.98 Å². The van der Waals surface area contributed by atoms with Gasteiger partial charge in [0, 0.05) is 6.08 Å². The molecule has 0 amide bonds. The van der Waals surface area contributed by atoms with E-state index in [4.69, 9.17) is 5.84 Å². The van der Waals surface area contributed by atoms with Crippen LogP contribution >= 0.6 is 0 Å². The van der Waals surface area contributed by atoms with Crippen molar-refractivity contribution in [2.45, 2.75) is 0 Å². The first-order valence-electron chi connectivity index (χ1n) is 3.63. The summed E-state index contributed by atoms with van der Waals surface area (Å²) < 4.78 is 22.4. The smallest absolute Gasteiger partial charge is 0.305 e. The number of fused-ring (bicyclic) bond motifs is 1. The molecule has 14 heavy (non-hydrogen) atoms. The van der Waals surface area contributed by atoms with Gasteiger partial charge in [-0.2, -0.15) is 0 Å². The number of nitrogens with one attached hydrogen (secondary N) is 1. The summed E-state index contributed by atoms with van der Waals surface area (Å²) >= 11 is 0. The monoisotopic (exact) mass is 212 g/mol. The lowest BCUT2D eigenvalue weighted by atomic mass is 10.4. The average molecular weight is 212 g/mol. The molecule has 0 spiro atoms. The van der Waals surface area contributed by atoms with Crippen molar-refractivity contribution in [2.75, 3.05) is 5.43 Å². The quantitative estimate of drug-likeness (QED) is 0.368. The largest absolute Gasteiger partial charge is 0.384 e. The van der Waals surface area contributed by atoms with Crippen molar-refractivity contribution in [2.24, 2.45) is 5.84 Å². The molecule has 1 aliphatic heterocycles. The molecule has 8 heteroatoms. The van der Waals surface area contributed by atoms with Crippen LogP contribution in [-0.2, 0) is 10.5 Å². The maximum Gasteiger partial charge on any atom is 0.384 e. The average Bonchev–Trinajstić information content (AvgIpc) is 2.59. The molecule has 72 valence electrons. The second-order valence-corrected chi connectivity index (χ2v) is 3.29. The molecule has 1 aliphatic rings. The molecule has 2 heterocycles. The Bertz CT molecular complexity index is 539. The minimum Gasteiger partial charge on any atom is -0.305 e. The van der Waals surface area contributed by atoms with E-state index in [2.05, 4.69) is 15.4 Å². The minimum absolute atomic E-state index is 0.275. The molecule has 1 aromatic heterocycles. The van der Waals surface area contributed by atoms with E-state index in [0.29, 0.717) is 11.5 Å². The van der Waals surface area contributed by atoms with Gasteiger partial charge in [0.15, 0.2) is 17.7 Å². The van der Waals surface area contributed by atoms with Gasteiger partial charge in [0.2, 0.25) is 0 Å². The molecule has 0 fully saturated rings. The maximum atomic E-state index is 10.7. The fraction of sp³-hybridized carbons (Fsp3) is 0. The highest BCUT2D eigenvalue weighted by Crippen LogP contribution is 2.22. The van der Waals surface area contributed by atoms with E-state index in [9.17, 15) is 8.42 Å².